The molecule has 1 N–H and O–H groups in total. The van der Waals surface area contributed by atoms with Gasteiger partial charge in [0.05, 0.1) is 12.4 Å². The van der Waals surface area contributed by atoms with Crippen molar-refractivity contribution in [3.63, 3.8) is 0 Å². The number of hydrogen-bond acceptors (Lipinski definition) is 3. The van der Waals surface area contributed by atoms with Crippen LogP contribution in [-0.4, -0.2) is 33.6 Å². The Labute approximate surface area is 157 Å². The summed E-state index contributed by atoms with van der Waals surface area (Å²) in [7, 11) is 1.85. The highest BCUT2D eigenvalue weighted by Crippen LogP contribution is 2.37. The highest BCUT2D eigenvalue weighted by Gasteiger charge is 2.39. The van der Waals surface area contributed by atoms with Crippen LogP contribution in [0.4, 0.5) is 13.2 Å². The molecule has 3 rings (SSSR count). The van der Waals surface area contributed by atoms with Crippen molar-refractivity contribution in [1.82, 2.24) is 14.7 Å². The third-order valence-electron chi connectivity index (χ3n) is 5.29. The Hall–Kier alpha value is -1.86. The summed E-state index contributed by atoms with van der Waals surface area (Å²) in [6, 6.07) is 7.57. The van der Waals surface area contributed by atoms with Crippen molar-refractivity contribution < 1.29 is 18.3 Å². The van der Waals surface area contributed by atoms with Gasteiger partial charge in [-0.15, -0.1) is 0 Å². The maximum atomic E-state index is 13.4. The lowest BCUT2D eigenvalue weighted by Crippen LogP contribution is -2.25. The summed E-state index contributed by atoms with van der Waals surface area (Å²) in [5, 5.41) is 13.4. The van der Waals surface area contributed by atoms with E-state index in [0.717, 1.165) is 31.2 Å². The summed E-state index contributed by atoms with van der Waals surface area (Å²) in [5.41, 5.74) is 1.97. The summed E-state index contributed by atoms with van der Waals surface area (Å²) in [6.07, 6.45) is 0.141. The van der Waals surface area contributed by atoms with Crippen molar-refractivity contribution in [2.75, 3.05) is 13.8 Å². The van der Waals surface area contributed by atoms with Crippen molar-refractivity contribution >= 4 is 0 Å². The first kappa shape index (κ1) is 19.9. The van der Waals surface area contributed by atoms with E-state index >= 15 is 0 Å². The predicted molar refractivity (Wildman–Crippen MR) is 97.7 cm³/mol. The number of nitrogens with zero attached hydrogens (tertiary/aromatic N) is 3. The second kappa shape index (κ2) is 8.02. The van der Waals surface area contributed by atoms with Crippen LogP contribution in [-0.2, 0) is 19.0 Å². The Bertz CT molecular complexity index is 768. The molecule has 4 nitrogen and oxygen atoms in total. The van der Waals surface area contributed by atoms with Gasteiger partial charge in [0.25, 0.3) is 0 Å². The van der Waals surface area contributed by atoms with Gasteiger partial charge in [-0.25, -0.2) is 4.68 Å². The fraction of sp³-hybridized carbons (Fsp3) is 0.550. The van der Waals surface area contributed by atoms with E-state index in [-0.39, 0.29) is 12.8 Å². The molecule has 0 saturated carbocycles. The summed E-state index contributed by atoms with van der Waals surface area (Å²) in [6.45, 7) is 2.04. The van der Waals surface area contributed by atoms with Crippen LogP contribution in [0, 0.1) is 0 Å². The van der Waals surface area contributed by atoms with Gasteiger partial charge in [-0.05, 0) is 56.8 Å². The summed E-state index contributed by atoms with van der Waals surface area (Å²) < 4.78 is 41.6. The molecule has 0 bridgehead atoms. The minimum Gasteiger partial charge on any atom is -0.381 e. The number of halogens is 3. The van der Waals surface area contributed by atoms with Gasteiger partial charge >= 0.3 is 6.18 Å². The molecule has 7 heteroatoms. The van der Waals surface area contributed by atoms with Crippen molar-refractivity contribution in [2.45, 2.75) is 57.7 Å². The molecule has 0 saturated heterocycles. The number of fused-ring (bicyclic) bond motifs is 1. The zero-order chi connectivity index (χ0) is 19.6. The van der Waals surface area contributed by atoms with Crippen LogP contribution in [0.1, 0.15) is 61.2 Å². The van der Waals surface area contributed by atoms with Gasteiger partial charge < -0.3 is 5.11 Å². The molecule has 1 unspecified atom stereocenters. The average Bonchev–Trinajstić information content (AvgIpc) is 3.06. The summed E-state index contributed by atoms with van der Waals surface area (Å²) in [5.74, 6) is 0. The quantitative estimate of drug-likeness (QED) is 0.750. The van der Waals surface area contributed by atoms with E-state index in [2.05, 4.69) is 12.0 Å². The Morgan fingerprint density at radius 2 is 1.85 bits per heavy atom. The predicted octanol–water partition coefficient (Wildman–Crippen LogP) is 4.49. The first-order valence-corrected chi connectivity index (χ1v) is 9.46. The largest absolute Gasteiger partial charge is 0.435 e. The molecule has 148 valence electrons. The van der Waals surface area contributed by atoms with Gasteiger partial charge in [0.15, 0.2) is 5.69 Å². The summed E-state index contributed by atoms with van der Waals surface area (Å²) >= 11 is 0. The fourth-order valence-corrected chi connectivity index (χ4v) is 3.89. The van der Waals surface area contributed by atoms with Crippen LogP contribution in [0.3, 0.4) is 0 Å². The van der Waals surface area contributed by atoms with Crippen LogP contribution in [0.5, 0.6) is 0 Å². The van der Waals surface area contributed by atoms with Crippen LogP contribution in [0.2, 0.25) is 0 Å². The average molecular weight is 381 g/mol. The molecular formula is C20H26F3N3O. The van der Waals surface area contributed by atoms with Gasteiger partial charge in [-0.2, -0.15) is 18.3 Å². The first-order valence-electron chi connectivity index (χ1n) is 9.46. The van der Waals surface area contributed by atoms with Crippen molar-refractivity contribution in [2.24, 2.45) is 0 Å². The molecule has 27 heavy (non-hydrogen) atoms. The molecule has 1 aliphatic rings. The highest BCUT2D eigenvalue weighted by molar-refractivity contribution is 5.41. The monoisotopic (exact) mass is 381 g/mol. The first-order chi connectivity index (χ1) is 12.9. The lowest BCUT2D eigenvalue weighted by Gasteiger charge is -2.26. The van der Waals surface area contributed by atoms with E-state index in [9.17, 15) is 18.3 Å². The van der Waals surface area contributed by atoms with Crippen LogP contribution >= 0.6 is 0 Å². The summed E-state index contributed by atoms with van der Waals surface area (Å²) in [4.78, 5) is 1.86. The Morgan fingerprint density at radius 1 is 1.19 bits per heavy atom. The SMILES string of the molecule is CCCC(c1ccc(-n2nc(C(F)(F)F)c3c2CCCC3)cc1)N(C)CO. The number of aliphatic hydroxyl groups is 1. The third-order valence-corrected chi connectivity index (χ3v) is 5.29. The molecule has 2 aromatic rings. The topological polar surface area (TPSA) is 41.3 Å². The molecule has 1 aromatic heterocycles. The van der Waals surface area contributed by atoms with Gasteiger partial charge in [-0.3, -0.25) is 4.90 Å². The second-order valence-corrected chi connectivity index (χ2v) is 7.18. The molecule has 0 fully saturated rings. The normalized spacial score (nSPS) is 15.8. The molecule has 1 aliphatic carbocycles. The van der Waals surface area contributed by atoms with Crippen LogP contribution < -0.4 is 0 Å². The lowest BCUT2D eigenvalue weighted by molar-refractivity contribution is -0.142. The molecular weight excluding hydrogens is 355 g/mol. The number of rotatable bonds is 6. The number of aliphatic hydroxyl groups excluding tert-OH is 1. The Balaban J connectivity index is 1.97. The highest BCUT2D eigenvalue weighted by atomic mass is 19.4. The molecule has 0 spiro atoms. The van der Waals surface area contributed by atoms with Gasteiger partial charge in [0, 0.05) is 17.3 Å². The molecule has 1 heterocycles. The maximum absolute atomic E-state index is 13.4. The number of aromatic nitrogens is 2. The number of benzene rings is 1. The molecule has 0 amide bonds. The van der Waals surface area contributed by atoms with E-state index in [1.807, 2.05) is 36.2 Å². The van der Waals surface area contributed by atoms with E-state index in [4.69, 9.17) is 0 Å². The Kier molecular flexibility index (Phi) is 5.91. The zero-order valence-electron chi connectivity index (χ0n) is 15.8. The van der Waals surface area contributed by atoms with Crippen LogP contribution in [0.25, 0.3) is 5.69 Å². The van der Waals surface area contributed by atoms with E-state index < -0.39 is 11.9 Å². The van der Waals surface area contributed by atoms with Crippen molar-refractivity contribution in [3.05, 3.63) is 46.8 Å². The van der Waals surface area contributed by atoms with Crippen LogP contribution in [0.15, 0.2) is 24.3 Å². The van der Waals surface area contributed by atoms with E-state index in [0.29, 0.717) is 29.8 Å². The van der Waals surface area contributed by atoms with Crippen molar-refractivity contribution in [1.29, 1.82) is 0 Å². The lowest BCUT2D eigenvalue weighted by atomic mass is 9.95. The van der Waals surface area contributed by atoms with E-state index in [1.54, 1.807) is 0 Å². The minimum absolute atomic E-state index is 0.0476. The van der Waals surface area contributed by atoms with Gasteiger partial charge in [0.2, 0.25) is 0 Å². The minimum atomic E-state index is -4.43. The molecule has 0 radical (unpaired) electrons. The number of alkyl halides is 3. The van der Waals surface area contributed by atoms with Gasteiger partial charge in [-0.1, -0.05) is 25.5 Å². The van der Waals surface area contributed by atoms with Gasteiger partial charge in [0.1, 0.15) is 0 Å². The molecule has 1 atom stereocenters. The second-order valence-electron chi connectivity index (χ2n) is 7.18. The smallest absolute Gasteiger partial charge is 0.381 e. The fourth-order valence-electron chi connectivity index (χ4n) is 3.89. The van der Waals surface area contributed by atoms with Crippen molar-refractivity contribution in [3.8, 4) is 5.69 Å². The zero-order valence-corrected chi connectivity index (χ0v) is 15.8. The number of hydrogen-bond donors (Lipinski definition) is 1. The van der Waals surface area contributed by atoms with E-state index in [1.165, 1.54) is 4.68 Å². The maximum Gasteiger partial charge on any atom is 0.435 e. The Morgan fingerprint density at radius 3 is 2.44 bits per heavy atom. The standard InChI is InChI=1S/C20H26F3N3O/c1-3-6-17(25(2)13-27)14-9-11-15(12-10-14)26-18-8-5-4-7-16(18)19(24-26)20(21,22)23/h9-12,17,27H,3-8,13H2,1-2H3. The molecule has 1 aromatic carbocycles. The molecule has 0 aliphatic heterocycles. The third kappa shape index (κ3) is 4.04.